The van der Waals surface area contributed by atoms with E-state index in [0.29, 0.717) is 12.8 Å². The van der Waals surface area contributed by atoms with Crippen LogP contribution in [0.2, 0.25) is 0 Å². The summed E-state index contributed by atoms with van der Waals surface area (Å²) in [5.41, 5.74) is 2.77. The minimum absolute atomic E-state index is 0.0562. The number of carbonyl (C=O) groups excluding carboxylic acids is 2. The zero-order valence-corrected chi connectivity index (χ0v) is 17.6. The monoisotopic (exact) mass is 394 g/mol. The fraction of sp³-hybridized carbons (Fsp3) is 0.818. The van der Waals surface area contributed by atoms with Crippen molar-refractivity contribution in [3.8, 4) is 0 Å². The molecular formula is C22H36NO5+. The fourth-order valence-electron chi connectivity index (χ4n) is 6.94. The molecule has 0 aromatic carbocycles. The van der Waals surface area contributed by atoms with E-state index >= 15 is 0 Å². The largest absolute Gasteiger partial charge is 0.460 e. The molecule has 2 bridgehead atoms. The van der Waals surface area contributed by atoms with E-state index in [2.05, 4.69) is 33.1 Å². The second-order valence-corrected chi connectivity index (χ2v) is 10.0. The molecule has 0 amide bonds. The summed E-state index contributed by atoms with van der Waals surface area (Å²) in [6.45, 7) is 11.4. The topological polar surface area (TPSA) is 111 Å². The zero-order chi connectivity index (χ0) is 21.1. The third-order valence-electron chi connectivity index (χ3n) is 8.93. The van der Waals surface area contributed by atoms with Crippen LogP contribution in [0, 0.1) is 34.0 Å². The fourth-order valence-corrected chi connectivity index (χ4v) is 6.94. The normalized spacial score (nSPS) is 51.0. The lowest BCUT2D eigenvalue weighted by Crippen LogP contribution is -2.75. The number of aliphatic hydroxyl groups excluding tert-OH is 2. The molecule has 0 heterocycles. The minimum atomic E-state index is -0.709. The van der Waals surface area contributed by atoms with Crippen molar-refractivity contribution in [3.63, 3.8) is 0 Å². The van der Waals surface area contributed by atoms with Crippen LogP contribution in [0.1, 0.15) is 53.4 Å². The number of aliphatic hydroxyl groups is 2. The van der Waals surface area contributed by atoms with Crippen molar-refractivity contribution < 1.29 is 30.3 Å². The van der Waals surface area contributed by atoms with Crippen molar-refractivity contribution >= 4 is 11.8 Å². The standard InChI is InChI=1S/C22H35NO5/c1-6-20(4)10-16(28-17(26)11-24)21(5)12(2)14(23)9-22(13(3)19(20)27)8-7-15(25)18(21)22/h6,12-14,16,18-19,24,27H,1,7-11,23H2,2-5H3/p+1/t12-,13+,14-,16-,18+,19+,20+,21+,22-/m1/s1. The molecule has 0 spiro atoms. The Kier molecular flexibility index (Phi) is 5.31. The van der Waals surface area contributed by atoms with Crippen LogP contribution in [-0.4, -0.2) is 46.8 Å². The summed E-state index contributed by atoms with van der Waals surface area (Å²) in [6, 6.07) is 0.0882. The second kappa shape index (κ2) is 6.92. The van der Waals surface area contributed by atoms with Crippen LogP contribution in [0.3, 0.4) is 0 Å². The molecule has 3 aliphatic rings. The van der Waals surface area contributed by atoms with E-state index in [1.54, 1.807) is 6.08 Å². The smallest absolute Gasteiger partial charge is 0.332 e. The number of ketones is 1. The van der Waals surface area contributed by atoms with Gasteiger partial charge in [0.2, 0.25) is 0 Å². The van der Waals surface area contributed by atoms with E-state index in [4.69, 9.17) is 4.74 Å². The van der Waals surface area contributed by atoms with Gasteiger partial charge in [0.25, 0.3) is 0 Å². The van der Waals surface area contributed by atoms with E-state index in [1.165, 1.54) is 0 Å². The van der Waals surface area contributed by atoms with Gasteiger partial charge in [0, 0.05) is 35.5 Å². The van der Waals surface area contributed by atoms with Crippen molar-refractivity contribution in [3.05, 3.63) is 12.7 Å². The maximum atomic E-state index is 13.2. The molecule has 3 fully saturated rings. The van der Waals surface area contributed by atoms with Crippen LogP contribution in [0.25, 0.3) is 0 Å². The molecule has 3 rings (SSSR count). The molecule has 28 heavy (non-hydrogen) atoms. The lowest BCUT2D eigenvalue weighted by atomic mass is 9.43. The molecule has 9 atom stereocenters. The van der Waals surface area contributed by atoms with Gasteiger partial charge in [-0.3, -0.25) is 4.79 Å². The number of hydrogen-bond acceptors (Lipinski definition) is 5. The molecule has 0 aromatic rings. The Morgan fingerprint density at radius 3 is 2.54 bits per heavy atom. The van der Waals surface area contributed by atoms with Gasteiger partial charge in [0.05, 0.1) is 12.1 Å². The van der Waals surface area contributed by atoms with Crippen LogP contribution in [0.15, 0.2) is 12.7 Å². The number of esters is 1. The number of Topliss-reactive ketones (excluding diaryl/α,β-unsaturated/α-hetero) is 1. The third kappa shape index (κ3) is 2.71. The van der Waals surface area contributed by atoms with Crippen molar-refractivity contribution in [2.24, 2.45) is 34.0 Å². The van der Waals surface area contributed by atoms with E-state index in [9.17, 15) is 19.8 Å². The Labute approximate surface area is 167 Å². The summed E-state index contributed by atoms with van der Waals surface area (Å²) in [7, 11) is 0. The molecule has 3 saturated carbocycles. The predicted molar refractivity (Wildman–Crippen MR) is 104 cm³/mol. The maximum Gasteiger partial charge on any atom is 0.332 e. The Balaban J connectivity index is 2.25. The van der Waals surface area contributed by atoms with Crippen molar-refractivity contribution in [1.82, 2.24) is 0 Å². The Morgan fingerprint density at radius 1 is 1.32 bits per heavy atom. The lowest BCUT2D eigenvalue weighted by molar-refractivity contribution is -0.460. The zero-order valence-electron chi connectivity index (χ0n) is 17.6. The van der Waals surface area contributed by atoms with Gasteiger partial charge in [-0.05, 0) is 24.2 Å². The molecule has 158 valence electrons. The first-order chi connectivity index (χ1) is 13.0. The average molecular weight is 395 g/mol. The van der Waals surface area contributed by atoms with Gasteiger partial charge in [0.15, 0.2) is 0 Å². The Hall–Kier alpha value is -1.24. The van der Waals surface area contributed by atoms with Crippen molar-refractivity contribution in [1.29, 1.82) is 0 Å². The van der Waals surface area contributed by atoms with Crippen LogP contribution in [0.5, 0.6) is 0 Å². The van der Waals surface area contributed by atoms with Crippen LogP contribution >= 0.6 is 0 Å². The summed E-state index contributed by atoms with van der Waals surface area (Å²) in [6.07, 6.45) is 2.81. The van der Waals surface area contributed by atoms with E-state index < -0.39 is 35.6 Å². The van der Waals surface area contributed by atoms with Gasteiger partial charge in [-0.2, -0.15) is 0 Å². The first-order valence-corrected chi connectivity index (χ1v) is 10.5. The average Bonchev–Trinajstić information content (AvgIpc) is 3.01. The number of hydrogen-bond donors (Lipinski definition) is 3. The SMILES string of the molecule is C=C[C@@]1(C)C[C@@H](OC(=O)CO)[C@]2(C)[C@H](C)[C@H]([NH3+])C[C@]3(CCC(=O)[C@H]32)[C@@H](C)[C@@H]1O. The first-order valence-electron chi connectivity index (χ1n) is 10.5. The first kappa shape index (κ1) is 21.5. The van der Waals surface area contributed by atoms with Gasteiger partial charge < -0.3 is 20.7 Å². The van der Waals surface area contributed by atoms with Crippen molar-refractivity contribution in [2.45, 2.75) is 71.6 Å². The number of ether oxygens (including phenoxy) is 1. The van der Waals surface area contributed by atoms with Crippen LogP contribution < -0.4 is 5.73 Å². The van der Waals surface area contributed by atoms with Gasteiger partial charge in [-0.1, -0.05) is 33.8 Å². The van der Waals surface area contributed by atoms with E-state index in [1.807, 2.05) is 6.92 Å². The highest BCUT2D eigenvalue weighted by Gasteiger charge is 2.70. The molecule has 5 N–H and O–H groups in total. The highest BCUT2D eigenvalue weighted by Crippen LogP contribution is 2.67. The second-order valence-electron chi connectivity index (χ2n) is 10.0. The maximum absolute atomic E-state index is 13.2. The molecule has 0 saturated heterocycles. The van der Waals surface area contributed by atoms with Crippen LogP contribution in [0.4, 0.5) is 0 Å². The Morgan fingerprint density at radius 2 is 1.96 bits per heavy atom. The number of rotatable bonds is 3. The van der Waals surface area contributed by atoms with Gasteiger partial charge in [-0.15, -0.1) is 6.58 Å². The Bertz CT molecular complexity index is 680. The molecule has 0 aromatic heterocycles. The molecular weight excluding hydrogens is 358 g/mol. The summed E-state index contributed by atoms with van der Waals surface area (Å²) < 4.78 is 5.79. The van der Waals surface area contributed by atoms with Crippen LogP contribution in [-0.2, 0) is 14.3 Å². The van der Waals surface area contributed by atoms with E-state index in [-0.39, 0.29) is 35.0 Å². The minimum Gasteiger partial charge on any atom is -0.460 e. The third-order valence-corrected chi connectivity index (χ3v) is 8.93. The van der Waals surface area contributed by atoms with Gasteiger partial charge >= 0.3 is 5.97 Å². The molecule has 6 nitrogen and oxygen atoms in total. The summed E-state index contributed by atoms with van der Waals surface area (Å²) >= 11 is 0. The number of quaternary nitrogens is 1. The lowest BCUT2D eigenvalue weighted by Gasteiger charge is -2.62. The van der Waals surface area contributed by atoms with Gasteiger partial charge in [0.1, 0.15) is 18.5 Å². The summed E-state index contributed by atoms with van der Waals surface area (Å²) in [5, 5.41) is 20.7. The predicted octanol–water partition coefficient (Wildman–Crippen LogP) is 1.11. The highest BCUT2D eigenvalue weighted by molar-refractivity contribution is 5.85. The highest BCUT2D eigenvalue weighted by atomic mass is 16.6. The van der Waals surface area contributed by atoms with Crippen molar-refractivity contribution in [2.75, 3.05) is 6.61 Å². The molecule has 0 aliphatic heterocycles. The molecule has 0 radical (unpaired) electrons. The number of carbonyl (C=O) groups is 2. The molecule has 6 heteroatoms. The van der Waals surface area contributed by atoms with E-state index in [0.717, 1.165) is 12.8 Å². The molecule has 0 unspecified atom stereocenters. The quantitative estimate of drug-likeness (QED) is 0.490. The van der Waals surface area contributed by atoms with Gasteiger partial charge in [-0.25, -0.2) is 4.79 Å². The summed E-state index contributed by atoms with van der Waals surface area (Å²) in [4.78, 5) is 25.3. The summed E-state index contributed by atoms with van der Waals surface area (Å²) in [5.74, 6) is -0.829. The molecule has 3 aliphatic carbocycles.